The van der Waals surface area contributed by atoms with E-state index in [1.807, 2.05) is 79.7 Å². The fraction of sp³-hybridized carbons (Fsp3) is 0.325. The zero-order chi connectivity index (χ0) is 35.2. The lowest BCUT2D eigenvalue weighted by Crippen LogP contribution is -2.48. The SMILES string of the molecule is C[C@@H]1[C@@H]([Si](C)(C)F)[C@H](CC(=O)N2Cc3ccccc3C[C@H]2CO)O[C@@]12C(=O)N(Cc1cccc(NC(=O)c3ccccc3)c1)c1ccccc12. The van der Waals surface area contributed by atoms with Crippen molar-refractivity contribution < 1.29 is 28.3 Å². The van der Waals surface area contributed by atoms with Gasteiger partial charge in [0.25, 0.3) is 11.8 Å². The number of hydrogen-bond donors (Lipinski definition) is 2. The maximum Gasteiger partial charge on any atom is 0.264 e. The van der Waals surface area contributed by atoms with Crippen molar-refractivity contribution in [2.45, 2.75) is 69.2 Å². The third-order valence-corrected chi connectivity index (χ3v) is 13.1. The first-order valence-electron chi connectivity index (χ1n) is 17.2. The van der Waals surface area contributed by atoms with Gasteiger partial charge in [0.2, 0.25) is 14.3 Å². The number of benzene rings is 4. The summed E-state index contributed by atoms with van der Waals surface area (Å²) in [5.74, 6) is -1.29. The van der Waals surface area contributed by atoms with Crippen molar-refractivity contribution in [1.29, 1.82) is 0 Å². The van der Waals surface area contributed by atoms with Gasteiger partial charge >= 0.3 is 0 Å². The first-order valence-corrected chi connectivity index (χ1v) is 20.2. The summed E-state index contributed by atoms with van der Waals surface area (Å²) in [6, 6.07) is 31.3. The topological polar surface area (TPSA) is 99.2 Å². The van der Waals surface area contributed by atoms with Gasteiger partial charge in [0.15, 0.2) is 5.60 Å². The average molecular weight is 692 g/mol. The first-order chi connectivity index (χ1) is 24.0. The van der Waals surface area contributed by atoms with Crippen LogP contribution < -0.4 is 10.2 Å². The van der Waals surface area contributed by atoms with Crippen LogP contribution in [0.2, 0.25) is 18.6 Å². The molecule has 3 amide bonds. The predicted octanol–water partition coefficient (Wildman–Crippen LogP) is 6.60. The van der Waals surface area contributed by atoms with E-state index in [-0.39, 0.29) is 37.3 Å². The molecule has 4 aromatic rings. The number of halogens is 1. The van der Waals surface area contributed by atoms with Crippen molar-refractivity contribution >= 4 is 37.5 Å². The minimum Gasteiger partial charge on any atom is -0.394 e. The summed E-state index contributed by atoms with van der Waals surface area (Å²) >= 11 is 0. The molecule has 1 spiro atoms. The number of anilines is 2. The number of hydrogen-bond acceptors (Lipinski definition) is 5. The summed E-state index contributed by atoms with van der Waals surface area (Å²) in [6.07, 6.45) is -0.377. The Bertz CT molecular complexity index is 1930. The average Bonchev–Trinajstić information content (AvgIpc) is 3.54. The van der Waals surface area contributed by atoms with Crippen molar-refractivity contribution in [2.75, 3.05) is 16.8 Å². The Balaban J connectivity index is 1.17. The van der Waals surface area contributed by atoms with Gasteiger partial charge in [0.1, 0.15) is 0 Å². The van der Waals surface area contributed by atoms with Gasteiger partial charge in [-0.25, -0.2) is 0 Å². The van der Waals surface area contributed by atoms with E-state index in [4.69, 9.17) is 4.74 Å². The number of nitrogens with one attached hydrogen (secondary N) is 1. The Hall–Kier alpha value is -4.64. The second kappa shape index (κ2) is 13.2. The number of ether oxygens (including phenoxy) is 1. The molecule has 3 aliphatic rings. The lowest BCUT2D eigenvalue weighted by atomic mass is 9.82. The third-order valence-electron chi connectivity index (χ3n) is 10.7. The van der Waals surface area contributed by atoms with Crippen molar-refractivity contribution in [2.24, 2.45) is 5.92 Å². The standard InChI is InChI=1S/C40H42FN3O5Si/c1-26-37(50(2,3)41)35(22-36(46)43-24-30-16-8-7-15-29(30)21-32(43)25-45)49-40(26)33-18-9-10-19-34(33)44(39(40)48)23-27-12-11-17-31(20-27)42-38(47)28-13-5-4-6-14-28/h4-20,26,32,35,37,45H,21-25H2,1-3H3,(H,42,47)/t26-,32+,35+,37-,40+/m1/s1. The van der Waals surface area contributed by atoms with Crippen LogP contribution in [0.1, 0.15) is 46.0 Å². The van der Waals surface area contributed by atoms with Crippen LogP contribution in [-0.2, 0) is 39.4 Å². The molecule has 3 aliphatic heterocycles. The number of aliphatic hydroxyl groups is 1. The molecule has 0 bridgehead atoms. The van der Waals surface area contributed by atoms with Crippen molar-refractivity contribution in [3.63, 3.8) is 0 Å². The fourth-order valence-electron chi connectivity index (χ4n) is 8.41. The molecule has 0 radical (unpaired) electrons. The van der Waals surface area contributed by atoms with Crippen LogP contribution in [0.25, 0.3) is 0 Å². The molecule has 8 nitrogen and oxygen atoms in total. The van der Waals surface area contributed by atoms with Gasteiger partial charge in [-0.05, 0) is 66.5 Å². The van der Waals surface area contributed by atoms with Crippen LogP contribution in [0.3, 0.4) is 0 Å². The molecule has 7 rings (SSSR count). The third kappa shape index (κ3) is 5.95. The largest absolute Gasteiger partial charge is 0.394 e. The molecule has 0 aromatic heterocycles. The Kier molecular flexibility index (Phi) is 8.96. The minimum absolute atomic E-state index is 0.0889. The maximum absolute atomic E-state index is 16.4. The monoisotopic (exact) mass is 691 g/mol. The van der Waals surface area contributed by atoms with Crippen LogP contribution in [-0.4, -0.2) is 54.9 Å². The number of carbonyl (C=O) groups excluding carboxylic acids is 3. The zero-order valence-electron chi connectivity index (χ0n) is 28.5. The molecule has 0 unspecified atom stereocenters. The second-order valence-electron chi connectivity index (χ2n) is 14.2. The van der Waals surface area contributed by atoms with Crippen molar-refractivity contribution in [3.8, 4) is 0 Å². The van der Waals surface area contributed by atoms with Gasteiger partial charge in [-0.2, -0.15) is 0 Å². The summed E-state index contributed by atoms with van der Waals surface area (Å²) in [5.41, 5.74) is 3.31. The van der Waals surface area contributed by atoms with E-state index in [2.05, 4.69) is 5.32 Å². The van der Waals surface area contributed by atoms with Crippen molar-refractivity contribution in [3.05, 3.63) is 131 Å². The summed E-state index contributed by atoms with van der Waals surface area (Å²) in [4.78, 5) is 45.0. The molecule has 50 heavy (non-hydrogen) atoms. The minimum atomic E-state index is -3.50. The highest BCUT2D eigenvalue weighted by Gasteiger charge is 2.67. The number of carbonyl (C=O) groups is 3. The number of para-hydroxylation sites is 1. The number of aliphatic hydroxyl groups excluding tert-OH is 1. The molecule has 3 heterocycles. The van der Waals surface area contributed by atoms with E-state index in [1.54, 1.807) is 53.2 Å². The molecule has 258 valence electrons. The Morgan fingerprint density at radius 3 is 2.40 bits per heavy atom. The molecule has 0 saturated carbocycles. The summed E-state index contributed by atoms with van der Waals surface area (Å²) in [6.45, 7) is 5.51. The number of nitrogens with zero attached hydrogens (tertiary/aromatic N) is 2. The molecule has 5 atom stereocenters. The number of rotatable bonds is 8. The lowest BCUT2D eigenvalue weighted by Gasteiger charge is -2.37. The molecule has 1 saturated heterocycles. The summed E-state index contributed by atoms with van der Waals surface area (Å²) < 4.78 is 23.2. The predicted molar refractivity (Wildman–Crippen MR) is 193 cm³/mol. The molecule has 10 heteroatoms. The molecular formula is C40H42FN3O5Si. The fourth-order valence-corrected chi connectivity index (χ4v) is 10.9. The van der Waals surface area contributed by atoms with E-state index >= 15 is 4.11 Å². The summed E-state index contributed by atoms with van der Waals surface area (Å²) in [7, 11) is -3.50. The maximum atomic E-state index is 16.4. The van der Waals surface area contributed by atoms with E-state index in [0.29, 0.717) is 35.5 Å². The van der Waals surface area contributed by atoms with E-state index in [9.17, 15) is 19.5 Å². The quantitative estimate of drug-likeness (QED) is 0.160. The van der Waals surface area contributed by atoms with E-state index < -0.39 is 37.6 Å². The summed E-state index contributed by atoms with van der Waals surface area (Å²) in [5, 5.41) is 13.2. The van der Waals surface area contributed by atoms with Crippen LogP contribution in [0.4, 0.5) is 15.5 Å². The lowest BCUT2D eigenvalue weighted by molar-refractivity contribution is -0.151. The van der Waals surface area contributed by atoms with Gasteiger partial charge in [0.05, 0.1) is 37.4 Å². The van der Waals surface area contributed by atoms with E-state index in [0.717, 1.165) is 16.7 Å². The number of fused-ring (bicyclic) bond motifs is 3. The van der Waals surface area contributed by atoms with Gasteiger partial charge in [-0.15, -0.1) is 0 Å². The highest BCUT2D eigenvalue weighted by atomic mass is 28.4. The Labute approximate surface area is 293 Å². The Morgan fingerprint density at radius 1 is 0.960 bits per heavy atom. The van der Waals surface area contributed by atoms with Crippen LogP contribution in [0.15, 0.2) is 103 Å². The van der Waals surface area contributed by atoms with Crippen LogP contribution in [0.5, 0.6) is 0 Å². The smallest absolute Gasteiger partial charge is 0.264 e. The molecular weight excluding hydrogens is 650 g/mol. The van der Waals surface area contributed by atoms with Gasteiger partial charge in [0, 0.05) is 34.8 Å². The molecule has 0 aliphatic carbocycles. The highest BCUT2D eigenvalue weighted by Crippen LogP contribution is 2.60. The second-order valence-corrected chi connectivity index (χ2v) is 18.0. The van der Waals surface area contributed by atoms with Gasteiger partial charge in [-0.1, -0.05) is 79.7 Å². The van der Waals surface area contributed by atoms with Gasteiger partial charge in [-0.3, -0.25) is 14.4 Å². The van der Waals surface area contributed by atoms with Crippen molar-refractivity contribution in [1.82, 2.24) is 4.90 Å². The molecule has 2 N–H and O–H groups in total. The zero-order valence-corrected chi connectivity index (χ0v) is 29.5. The first kappa shape index (κ1) is 33.8. The normalized spacial score (nSPS) is 24.3. The Morgan fingerprint density at radius 2 is 1.66 bits per heavy atom. The highest BCUT2D eigenvalue weighted by molar-refractivity contribution is 6.72. The molecule has 4 aromatic carbocycles. The van der Waals surface area contributed by atoms with Gasteiger partial charge < -0.3 is 29.1 Å². The molecule has 1 fully saturated rings. The number of amides is 3. The van der Waals surface area contributed by atoms with Crippen LogP contribution >= 0.6 is 0 Å². The van der Waals surface area contributed by atoms with Crippen LogP contribution in [0, 0.1) is 5.92 Å². The van der Waals surface area contributed by atoms with E-state index in [1.165, 1.54) is 0 Å².